The number of thiazole rings is 1. The van der Waals surface area contributed by atoms with Gasteiger partial charge in [-0.25, -0.2) is 4.98 Å². The number of amidine groups is 1. The van der Waals surface area contributed by atoms with Crippen molar-refractivity contribution in [2.24, 2.45) is 10.7 Å². The molecule has 66 valence electrons. The highest BCUT2D eigenvalue weighted by Gasteiger charge is 2.06. The number of aromatic nitrogens is 1. The predicted molar refractivity (Wildman–Crippen MR) is 52.6 cm³/mol. The van der Waals surface area contributed by atoms with Crippen LogP contribution in [-0.4, -0.2) is 10.8 Å². The van der Waals surface area contributed by atoms with E-state index in [-0.39, 0.29) is 6.04 Å². The smallest absolute Gasteiger partial charge is 0.117 e. The van der Waals surface area contributed by atoms with E-state index in [2.05, 4.69) is 9.98 Å². The second kappa shape index (κ2) is 3.67. The fraction of sp³-hybridized carbons (Fsp3) is 0.500. The molecule has 1 atom stereocenters. The van der Waals surface area contributed by atoms with Crippen LogP contribution in [0.4, 0.5) is 0 Å². The first-order valence-electron chi connectivity index (χ1n) is 3.82. The maximum atomic E-state index is 5.46. The summed E-state index contributed by atoms with van der Waals surface area (Å²) < 4.78 is 0. The molecule has 4 heteroatoms. The Labute approximate surface area is 76.4 Å². The quantitative estimate of drug-likeness (QED) is 0.562. The summed E-state index contributed by atoms with van der Waals surface area (Å²) in [6.07, 6.45) is 1.86. The summed E-state index contributed by atoms with van der Waals surface area (Å²) in [5.74, 6) is 0.607. The summed E-state index contributed by atoms with van der Waals surface area (Å²) in [7, 11) is 0. The molecule has 3 nitrogen and oxygen atoms in total. The first kappa shape index (κ1) is 9.19. The summed E-state index contributed by atoms with van der Waals surface area (Å²) in [6, 6.07) is 0.0914. The minimum absolute atomic E-state index is 0.0914. The summed E-state index contributed by atoms with van der Waals surface area (Å²) in [4.78, 5) is 9.64. The molecular weight excluding hydrogens is 170 g/mol. The van der Waals surface area contributed by atoms with E-state index in [1.807, 2.05) is 20.0 Å². The largest absolute Gasteiger partial charge is 0.388 e. The number of rotatable bonds is 2. The first-order chi connectivity index (χ1) is 5.59. The molecule has 12 heavy (non-hydrogen) atoms. The van der Waals surface area contributed by atoms with Crippen LogP contribution in [0.3, 0.4) is 0 Å². The minimum Gasteiger partial charge on any atom is -0.388 e. The van der Waals surface area contributed by atoms with Gasteiger partial charge in [0.05, 0.1) is 5.84 Å². The van der Waals surface area contributed by atoms with Crippen molar-refractivity contribution in [3.05, 3.63) is 16.1 Å². The molecule has 0 aliphatic rings. The predicted octanol–water partition coefficient (Wildman–Crippen LogP) is 1.89. The number of aliphatic imine (C=N–C) groups is 1. The van der Waals surface area contributed by atoms with Crippen molar-refractivity contribution in [3.8, 4) is 0 Å². The maximum Gasteiger partial charge on any atom is 0.117 e. The third-order valence-corrected chi connectivity index (χ3v) is 2.48. The van der Waals surface area contributed by atoms with Crippen molar-refractivity contribution in [2.75, 3.05) is 0 Å². The molecule has 0 saturated heterocycles. The van der Waals surface area contributed by atoms with Gasteiger partial charge in [0, 0.05) is 11.1 Å². The van der Waals surface area contributed by atoms with E-state index < -0.39 is 0 Å². The van der Waals surface area contributed by atoms with Crippen LogP contribution in [0.5, 0.6) is 0 Å². The molecule has 0 saturated carbocycles. The molecule has 0 bridgehead atoms. The molecule has 0 aliphatic heterocycles. The Hall–Kier alpha value is -0.900. The van der Waals surface area contributed by atoms with Crippen molar-refractivity contribution < 1.29 is 0 Å². The van der Waals surface area contributed by atoms with Crippen LogP contribution >= 0.6 is 11.3 Å². The van der Waals surface area contributed by atoms with Crippen molar-refractivity contribution in [3.63, 3.8) is 0 Å². The van der Waals surface area contributed by atoms with Crippen LogP contribution < -0.4 is 5.73 Å². The number of nitrogens with zero attached hydrogens (tertiary/aromatic N) is 2. The molecule has 0 fully saturated rings. The monoisotopic (exact) mass is 183 g/mol. The van der Waals surface area contributed by atoms with Gasteiger partial charge < -0.3 is 5.73 Å². The van der Waals surface area contributed by atoms with Crippen LogP contribution in [0, 0.1) is 6.92 Å². The van der Waals surface area contributed by atoms with Gasteiger partial charge in [0.25, 0.3) is 0 Å². The number of aryl methyl sites for hydroxylation is 1. The van der Waals surface area contributed by atoms with Gasteiger partial charge in [-0.1, -0.05) is 0 Å². The Bertz CT molecular complexity index is 286. The van der Waals surface area contributed by atoms with Crippen LogP contribution in [0.25, 0.3) is 0 Å². The minimum atomic E-state index is 0.0914. The summed E-state index contributed by atoms with van der Waals surface area (Å²) in [6.45, 7) is 5.82. The Morgan fingerprint density at radius 3 is 2.83 bits per heavy atom. The van der Waals surface area contributed by atoms with E-state index in [9.17, 15) is 0 Å². The van der Waals surface area contributed by atoms with Gasteiger partial charge in [0.1, 0.15) is 11.0 Å². The average Bonchev–Trinajstić information content (AvgIpc) is 2.34. The number of nitrogens with two attached hydrogens (primary N) is 1. The number of hydrogen-bond donors (Lipinski definition) is 1. The molecule has 0 amide bonds. The molecule has 0 aliphatic carbocycles. The van der Waals surface area contributed by atoms with E-state index in [4.69, 9.17) is 5.73 Å². The van der Waals surface area contributed by atoms with Crippen LogP contribution in [-0.2, 0) is 0 Å². The molecule has 1 unspecified atom stereocenters. The zero-order chi connectivity index (χ0) is 9.14. The van der Waals surface area contributed by atoms with E-state index in [0.717, 1.165) is 5.01 Å². The fourth-order valence-corrected chi connectivity index (χ4v) is 1.69. The Balaban J connectivity index is 2.78. The topological polar surface area (TPSA) is 51.3 Å². The van der Waals surface area contributed by atoms with Gasteiger partial charge in [-0.3, -0.25) is 4.99 Å². The highest BCUT2D eigenvalue weighted by molar-refractivity contribution is 7.11. The molecular formula is C8H13N3S. The molecule has 0 radical (unpaired) electrons. The van der Waals surface area contributed by atoms with Gasteiger partial charge in [-0.05, 0) is 20.8 Å². The van der Waals surface area contributed by atoms with Gasteiger partial charge in [-0.2, -0.15) is 0 Å². The van der Waals surface area contributed by atoms with E-state index in [1.165, 1.54) is 4.88 Å². The van der Waals surface area contributed by atoms with Crippen LogP contribution in [0.2, 0.25) is 0 Å². The van der Waals surface area contributed by atoms with Crippen LogP contribution in [0.15, 0.2) is 11.2 Å². The Morgan fingerprint density at radius 2 is 2.42 bits per heavy atom. The summed E-state index contributed by atoms with van der Waals surface area (Å²) >= 11 is 1.66. The average molecular weight is 183 g/mol. The van der Waals surface area contributed by atoms with Gasteiger partial charge >= 0.3 is 0 Å². The lowest BCUT2D eigenvalue weighted by atomic mass is 10.4. The van der Waals surface area contributed by atoms with E-state index in [1.54, 1.807) is 18.3 Å². The Morgan fingerprint density at radius 1 is 1.75 bits per heavy atom. The standard InChI is InChI=1S/C8H13N3S/c1-5-4-10-8(12-5)6(2)11-7(3)9/h4,6H,1-3H3,(H2,9,11). The van der Waals surface area contributed by atoms with Gasteiger partial charge in [-0.15, -0.1) is 11.3 Å². The van der Waals surface area contributed by atoms with E-state index in [0.29, 0.717) is 5.84 Å². The summed E-state index contributed by atoms with van der Waals surface area (Å²) in [5, 5.41) is 1.03. The molecule has 1 rings (SSSR count). The highest BCUT2D eigenvalue weighted by atomic mass is 32.1. The van der Waals surface area contributed by atoms with Gasteiger partial charge in [0.15, 0.2) is 0 Å². The lowest BCUT2D eigenvalue weighted by Gasteiger charge is -2.01. The molecule has 0 aromatic carbocycles. The normalized spacial score (nSPS) is 14.8. The van der Waals surface area contributed by atoms with Crippen molar-refractivity contribution in [2.45, 2.75) is 26.8 Å². The highest BCUT2D eigenvalue weighted by Crippen LogP contribution is 2.21. The zero-order valence-electron chi connectivity index (χ0n) is 7.53. The van der Waals surface area contributed by atoms with Crippen molar-refractivity contribution >= 4 is 17.2 Å². The van der Waals surface area contributed by atoms with Crippen molar-refractivity contribution in [1.29, 1.82) is 0 Å². The third kappa shape index (κ3) is 2.30. The SMILES string of the molecule is CC(N)=NC(C)c1ncc(C)s1. The molecule has 1 heterocycles. The van der Waals surface area contributed by atoms with E-state index >= 15 is 0 Å². The maximum absolute atomic E-state index is 5.46. The van der Waals surface area contributed by atoms with Crippen molar-refractivity contribution in [1.82, 2.24) is 4.98 Å². The second-order valence-corrected chi connectivity index (χ2v) is 4.02. The molecule has 1 aromatic rings. The summed E-state index contributed by atoms with van der Waals surface area (Å²) in [5.41, 5.74) is 5.46. The van der Waals surface area contributed by atoms with Crippen LogP contribution in [0.1, 0.15) is 29.8 Å². The molecule has 1 aromatic heterocycles. The lowest BCUT2D eigenvalue weighted by molar-refractivity contribution is 0.806. The molecule has 2 N–H and O–H groups in total. The second-order valence-electron chi connectivity index (χ2n) is 2.76. The first-order valence-corrected chi connectivity index (χ1v) is 4.63. The molecule has 0 spiro atoms. The fourth-order valence-electron chi connectivity index (χ4n) is 0.926. The van der Waals surface area contributed by atoms with Gasteiger partial charge in [0.2, 0.25) is 0 Å². The zero-order valence-corrected chi connectivity index (χ0v) is 8.35. The lowest BCUT2D eigenvalue weighted by Crippen LogP contribution is -2.07. The Kier molecular flexibility index (Phi) is 2.81. The number of hydrogen-bond acceptors (Lipinski definition) is 3. The third-order valence-electron chi connectivity index (χ3n) is 1.39.